The highest BCUT2D eigenvalue weighted by Crippen LogP contribution is 2.44. The molecule has 0 aromatic heterocycles. The van der Waals surface area contributed by atoms with E-state index in [1.54, 1.807) is 12.0 Å². The zero-order chi connectivity index (χ0) is 19.0. The van der Waals surface area contributed by atoms with Gasteiger partial charge in [-0.05, 0) is 30.0 Å². The van der Waals surface area contributed by atoms with Crippen molar-refractivity contribution in [1.82, 2.24) is 4.90 Å². The molecule has 0 spiro atoms. The molecule has 5 heteroatoms. The Balaban J connectivity index is 1.60. The van der Waals surface area contributed by atoms with E-state index < -0.39 is 6.04 Å². The lowest BCUT2D eigenvalue weighted by molar-refractivity contribution is -0.148. The topological polar surface area (TPSA) is 73.6 Å². The van der Waals surface area contributed by atoms with Gasteiger partial charge in [0.25, 0.3) is 0 Å². The number of ether oxygens (including phenoxy) is 1. The van der Waals surface area contributed by atoms with Gasteiger partial charge in [-0.1, -0.05) is 42.5 Å². The van der Waals surface area contributed by atoms with E-state index in [0.717, 1.165) is 35.3 Å². The molecule has 0 bridgehead atoms. The highest BCUT2D eigenvalue weighted by Gasteiger charge is 2.53. The molecular formula is C22H22N2O3. The van der Waals surface area contributed by atoms with Crippen LogP contribution in [0.5, 0.6) is 5.75 Å². The molecule has 2 aromatic carbocycles. The summed E-state index contributed by atoms with van der Waals surface area (Å²) in [6.45, 7) is -0.129. The molecule has 1 N–H and O–H groups in total. The van der Waals surface area contributed by atoms with Crippen molar-refractivity contribution in [3.8, 4) is 22.9 Å². The molecule has 2 fully saturated rings. The minimum Gasteiger partial charge on any atom is -0.496 e. The molecule has 4 rings (SSSR count). The van der Waals surface area contributed by atoms with Crippen LogP contribution in [0.15, 0.2) is 48.5 Å². The summed E-state index contributed by atoms with van der Waals surface area (Å²) in [6, 6.07) is 17.2. The van der Waals surface area contributed by atoms with Crippen molar-refractivity contribution in [2.45, 2.75) is 30.8 Å². The van der Waals surface area contributed by atoms with Crippen molar-refractivity contribution in [3.63, 3.8) is 0 Å². The number of carbonyl (C=O) groups is 1. The molecule has 1 saturated heterocycles. The van der Waals surface area contributed by atoms with Crippen LogP contribution in [0.4, 0.5) is 0 Å². The molecule has 1 aliphatic carbocycles. The summed E-state index contributed by atoms with van der Waals surface area (Å²) in [7, 11) is 1.65. The molecule has 0 radical (unpaired) electrons. The molecule has 1 amide bonds. The van der Waals surface area contributed by atoms with Gasteiger partial charge in [0.2, 0.25) is 5.91 Å². The summed E-state index contributed by atoms with van der Waals surface area (Å²) < 4.78 is 5.43. The minimum absolute atomic E-state index is 0.0162. The van der Waals surface area contributed by atoms with Crippen LogP contribution in [0.1, 0.15) is 24.3 Å². The third-order valence-corrected chi connectivity index (χ3v) is 5.63. The number of rotatable bonds is 5. The molecule has 1 heterocycles. The van der Waals surface area contributed by atoms with Crippen LogP contribution in [-0.2, 0) is 4.79 Å². The molecule has 3 atom stereocenters. The number of hydrogen-bond acceptors (Lipinski definition) is 4. The maximum Gasteiger partial charge on any atom is 0.227 e. The molecule has 138 valence electrons. The zero-order valence-corrected chi connectivity index (χ0v) is 15.2. The van der Waals surface area contributed by atoms with Gasteiger partial charge in [0.15, 0.2) is 0 Å². The van der Waals surface area contributed by atoms with Crippen LogP contribution >= 0.6 is 0 Å². The molecule has 2 aliphatic rings. The number of hydrogen-bond donors (Lipinski definition) is 1. The van der Waals surface area contributed by atoms with Gasteiger partial charge in [0, 0.05) is 17.4 Å². The normalized spacial score (nSPS) is 24.0. The molecular weight excluding hydrogens is 340 g/mol. The maximum atomic E-state index is 12.5. The number of aliphatic hydroxyl groups excluding tert-OH is 1. The van der Waals surface area contributed by atoms with Gasteiger partial charge in [-0.25, -0.2) is 0 Å². The molecule has 2 aromatic rings. The Bertz CT molecular complexity index is 883. The van der Waals surface area contributed by atoms with Gasteiger partial charge in [-0.2, -0.15) is 5.26 Å². The van der Waals surface area contributed by atoms with Crippen LogP contribution in [0.25, 0.3) is 11.1 Å². The Hall–Kier alpha value is -2.84. The maximum absolute atomic E-state index is 12.5. The second-order valence-electron chi connectivity index (χ2n) is 7.19. The summed E-state index contributed by atoms with van der Waals surface area (Å²) in [6.07, 6.45) is 1.79. The number of nitriles is 1. The van der Waals surface area contributed by atoms with Crippen molar-refractivity contribution < 1.29 is 14.6 Å². The summed E-state index contributed by atoms with van der Waals surface area (Å²) >= 11 is 0. The summed E-state index contributed by atoms with van der Waals surface area (Å²) in [4.78, 5) is 14.1. The number of likely N-dealkylation sites (tertiary alicyclic amines) is 1. The van der Waals surface area contributed by atoms with E-state index in [0.29, 0.717) is 0 Å². The average Bonchev–Trinajstić information content (AvgIpc) is 3.53. The quantitative estimate of drug-likeness (QED) is 0.887. The predicted octanol–water partition coefficient (Wildman–Crippen LogP) is 2.95. The Morgan fingerprint density at radius 2 is 1.93 bits per heavy atom. The van der Waals surface area contributed by atoms with Crippen molar-refractivity contribution in [2.24, 2.45) is 5.92 Å². The van der Waals surface area contributed by atoms with Gasteiger partial charge < -0.3 is 14.7 Å². The number of benzene rings is 2. The van der Waals surface area contributed by atoms with Crippen LogP contribution in [0, 0.1) is 17.2 Å². The van der Waals surface area contributed by atoms with E-state index in [-0.39, 0.29) is 30.4 Å². The fraction of sp³-hybridized carbons (Fsp3) is 0.364. The summed E-state index contributed by atoms with van der Waals surface area (Å²) in [5, 5.41) is 19.4. The van der Waals surface area contributed by atoms with Gasteiger partial charge >= 0.3 is 0 Å². The first-order valence-corrected chi connectivity index (χ1v) is 9.25. The van der Waals surface area contributed by atoms with Crippen molar-refractivity contribution >= 4 is 5.91 Å². The Morgan fingerprint density at radius 1 is 1.22 bits per heavy atom. The Morgan fingerprint density at radius 3 is 2.52 bits per heavy atom. The second kappa shape index (κ2) is 7.05. The molecule has 5 nitrogen and oxygen atoms in total. The largest absolute Gasteiger partial charge is 0.496 e. The van der Waals surface area contributed by atoms with E-state index in [2.05, 4.69) is 6.07 Å². The van der Waals surface area contributed by atoms with E-state index in [4.69, 9.17) is 4.74 Å². The summed E-state index contributed by atoms with van der Waals surface area (Å²) in [5.41, 5.74) is 3.00. The smallest absolute Gasteiger partial charge is 0.227 e. The third kappa shape index (κ3) is 2.96. The predicted molar refractivity (Wildman–Crippen MR) is 101 cm³/mol. The van der Waals surface area contributed by atoms with E-state index in [1.807, 2.05) is 48.5 Å². The van der Waals surface area contributed by atoms with E-state index in [9.17, 15) is 15.2 Å². The number of nitrogens with zero attached hydrogens (tertiary/aromatic N) is 2. The Labute approximate surface area is 158 Å². The number of amides is 1. The summed E-state index contributed by atoms with van der Waals surface area (Å²) in [5.74, 6) is 0.707. The highest BCUT2D eigenvalue weighted by atomic mass is 16.5. The van der Waals surface area contributed by atoms with Crippen LogP contribution in [0.3, 0.4) is 0 Å². The lowest BCUT2D eigenvalue weighted by atomic mass is 9.75. The van der Waals surface area contributed by atoms with Crippen molar-refractivity contribution in [2.75, 3.05) is 13.7 Å². The lowest BCUT2D eigenvalue weighted by Crippen LogP contribution is -2.65. The number of aliphatic hydroxyl groups is 1. The van der Waals surface area contributed by atoms with E-state index >= 15 is 0 Å². The highest BCUT2D eigenvalue weighted by molar-refractivity contribution is 5.83. The average molecular weight is 362 g/mol. The lowest BCUT2D eigenvalue weighted by Gasteiger charge is -2.51. The first kappa shape index (κ1) is 17.6. The molecule has 1 saturated carbocycles. The first-order chi connectivity index (χ1) is 13.2. The van der Waals surface area contributed by atoms with Gasteiger partial charge in [0.1, 0.15) is 11.8 Å². The zero-order valence-electron chi connectivity index (χ0n) is 15.2. The van der Waals surface area contributed by atoms with E-state index in [1.165, 1.54) is 0 Å². The van der Waals surface area contributed by atoms with Crippen molar-refractivity contribution in [1.29, 1.82) is 5.26 Å². The monoisotopic (exact) mass is 362 g/mol. The minimum atomic E-state index is -0.507. The van der Waals surface area contributed by atoms with Gasteiger partial charge in [0.05, 0.1) is 25.8 Å². The number of para-hydroxylation sites is 1. The number of carbonyl (C=O) groups excluding carboxylic acids is 1. The van der Waals surface area contributed by atoms with Gasteiger partial charge in [-0.15, -0.1) is 0 Å². The fourth-order valence-electron chi connectivity index (χ4n) is 4.02. The SMILES string of the molecule is COc1ccccc1-c1ccc([C@@H]2[C@@H](C#N)N(C(=O)C3CC3)[C@@H]2CO)cc1. The third-order valence-electron chi connectivity index (χ3n) is 5.63. The molecule has 0 unspecified atom stereocenters. The van der Waals surface area contributed by atoms with Crippen molar-refractivity contribution in [3.05, 3.63) is 54.1 Å². The fourth-order valence-corrected chi connectivity index (χ4v) is 4.02. The molecule has 1 aliphatic heterocycles. The Kier molecular flexibility index (Phi) is 4.59. The van der Waals surface area contributed by atoms with Crippen LogP contribution < -0.4 is 4.74 Å². The van der Waals surface area contributed by atoms with Gasteiger partial charge in [-0.3, -0.25) is 4.79 Å². The number of methoxy groups -OCH3 is 1. The molecule has 27 heavy (non-hydrogen) atoms. The van der Waals surface area contributed by atoms with Crippen LogP contribution in [-0.4, -0.2) is 41.7 Å². The second-order valence-corrected chi connectivity index (χ2v) is 7.19. The standard InChI is InChI=1S/C22H22N2O3/c1-27-20-5-3-2-4-17(20)14-6-8-15(9-7-14)21-18(12-23)24(19(21)13-25)22(26)16-10-11-16/h2-9,16,18-19,21,25H,10-11,13H2,1H3/t18-,19-,21-/m1/s1. The first-order valence-electron chi connectivity index (χ1n) is 9.25. The van der Waals surface area contributed by atoms with Crippen LogP contribution in [0.2, 0.25) is 0 Å².